The summed E-state index contributed by atoms with van der Waals surface area (Å²) in [6, 6.07) is 4.79. The Kier molecular flexibility index (Phi) is 8.95. The normalized spacial score (nSPS) is 23.8. The third-order valence-corrected chi connectivity index (χ3v) is 5.95. The number of hydrogen-bond acceptors (Lipinski definition) is 4. The van der Waals surface area contributed by atoms with Crippen LogP contribution >= 0.6 is 35.3 Å². The number of rotatable bonds is 4. The SMILES string of the molecule is CN=C(NCC(c1cccs1)N1CCOCC1)N1CCCC(C)C1.I. The standard InChI is InChI=1S/C18H30N4OS.HI/c1-15-5-3-7-22(14-15)18(19-2)20-13-16(17-6-4-12-24-17)21-8-10-23-11-9-21;/h4,6,12,15-16H,3,5,7-11,13-14H2,1-2H3,(H,19,20);1H. The van der Waals surface area contributed by atoms with Crippen LogP contribution in [0.4, 0.5) is 0 Å². The number of piperidine rings is 1. The molecule has 2 aliphatic heterocycles. The molecule has 1 aromatic heterocycles. The molecule has 25 heavy (non-hydrogen) atoms. The summed E-state index contributed by atoms with van der Waals surface area (Å²) in [5.41, 5.74) is 0. The topological polar surface area (TPSA) is 40.1 Å². The third-order valence-electron chi connectivity index (χ3n) is 4.98. The summed E-state index contributed by atoms with van der Waals surface area (Å²) in [5.74, 6) is 1.81. The van der Waals surface area contributed by atoms with Gasteiger partial charge < -0.3 is 15.0 Å². The molecule has 7 heteroatoms. The average Bonchev–Trinajstić information content (AvgIpc) is 3.14. The molecule has 1 aromatic rings. The summed E-state index contributed by atoms with van der Waals surface area (Å²) in [6.45, 7) is 9.14. The first-order valence-corrected chi connectivity index (χ1v) is 9.96. The van der Waals surface area contributed by atoms with Gasteiger partial charge >= 0.3 is 0 Å². The van der Waals surface area contributed by atoms with Crippen LogP contribution in [0.15, 0.2) is 22.5 Å². The Morgan fingerprint density at radius 2 is 2.20 bits per heavy atom. The van der Waals surface area contributed by atoms with Crippen molar-refractivity contribution in [2.45, 2.75) is 25.8 Å². The van der Waals surface area contributed by atoms with Gasteiger partial charge in [-0.05, 0) is 30.2 Å². The number of halogens is 1. The van der Waals surface area contributed by atoms with Gasteiger partial charge in [-0.25, -0.2) is 0 Å². The Hall–Kier alpha value is -0.380. The smallest absolute Gasteiger partial charge is 0.193 e. The van der Waals surface area contributed by atoms with Gasteiger partial charge in [-0.15, -0.1) is 35.3 Å². The Balaban J connectivity index is 0.00000225. The van der Waals surface area contributed by atoms with E-state index >= 15 is 0 Å². The van der Waals surface area contributed by atoms with Gasteiger partial charge in [0.2, 0.25) is 0 Å². The second-order valence-corrected chi connectivity index (χ2v) is 7.78. The van der Waals surface area contributed by atoms with Crippen molar-refractivity contribution in [1.29, 1.82) is 0 Å². The van der Waals surface area contributed by atoms with Crippen molar-refractivity contribution in [2.75, 3.05) is 53.0 Å². The minimum Gasteiger partial charge on any atom is -0.379 e. The van der Waals surface area contributed by atoms with Gasteiger partial charge in [0.1, 0.15) is 0 Å². The van der Waals surface area contributed by atoms with Crippen molar-refractivity contribution >= 4 is 41.3 Å². The van der Waals surface area contributed by atoms with Crippen LogP contribution in [0.3, 0.4) is 0 Å². The highest BCUT2D eigenvalue weighted by molar-refractivity contribution is 14.0. The summed E-state index contributed by atoms with van der Waals surface area (Å²) >= 11 is 1.84. The van der Waals surface area contributed by atoms with E-state index in [0.717, 1.165) is 57.8 Å². The van der Waals surface area contributed by atoms with Crippen molar-refractivity contribution in [3.05, 3.63) is 22.4 Å². The number of morpholine rings is 1. The van der Waals surface area contributed by atoms with E-state index in [4.69, 9.17) is 4.74 Å². The number of likely N-dealkylation sites (tertiary alicyclic amines) is 1. The van der Waals surface area contributed by atoms with Crippen LogP contribution in [0.25, 0.3) is 0 Å². The van der Waals surface area contributed by atoms with Crippen molar-refractivity contribution in [3.8, 4) is 0 Å². The molecular weight excluding hydrogens is 447 g/mol. The van der Waals surface area contributed by atoms with Crippen LogP contribution in [0.5, 0.6) is 0 Å². The average molecular weight is 478 g/mol. The summed E-state index contributed by atoms with van der Waals surface area (Å²) in [7, 11) is 1.90. The maximum absolute atomic E-state index is 5.53. The molecule has 0 saturated carbocycles. The van der Waals surface area contributed by atoms with E-state index in [2.05, 4.69) is 44.5 Å². The molecule has 0 aliphatic carbocycles. The maximum atomic E-state index is 5.53. The van der Waals surface area contributed by atoms with Crippen LogP contribution in [0, 0.1) is 5.92 Å². The lowest BCUT2D eigenvalue weighted by molar-refractivity contribution is 0.0175. The van der Waals surface area contributed by atoms with Crippen molar-refractivity contribution in [1.82, 2.24) is 15.1 Å². The molecule has 3 rings (SSSR count). The molecule has 2 fully saturated rings. The van der Waals surface area contributed by atoms with Gasteiger partial charge in [-0.3, -0.25) is 9.89 Å². The molecule has 0 amide bonds. The number of nitrogens with zero attached hydrogens (tertiary/aromatic N) is 3. The van der Waals surface area contributed by atoms with Crippen molar-refractivity contribution in [3.63, 3.8) is 0 Å². The Bertz CT molecular complexity index is 519. The second-order valence-electron chi connectivity index (χ2n) is 6.80. The molecule has 0 spiro atoms. The van der Waals surface area contributed by atoms with E-state index in [9.17, 15) is 0 Å². The summed E-state index contributed by atoms with van der Waals surface area (Å²) in [6.07, 6.45) is 2.60. The van der Waals surface area contributed by atoms with Gasteiger partial charge in [-0.2, -0.15) is 0 Å². The monoisotopic (exact) mass is 478 g/mol. The molecule has 3 heterocycles. The number of nitrogens with one attached hydrogen (secondary N) is 1. The van der Waals surface area contributed by atoms with Crippen molar-refractivity contribution in [2.24, 2.45) is 10.9 Å². The van der Waals surface area contributed by atoms with E-state index in [0.29, 0.717) is 6.04 Å². The molecule has 142 valence electrons. The molecule has 2 unspecified atom stereocenters. The Labute approximate surface area is 172 Å². The van der Waals surface area contributed by atoms with Crippen LogP contribution in [0.1, 0.15) is 30.7 Å². The Morgan fingerprint density at radius 1 is 1.40 bits per heavy atom. The van der Waals surface area contributed by atoms with Gasteiger partial charge in [-0.1, -0.05) is 13.0 Å². The lowest BCUT2D eigenvalue weighted by atomic mass is 10.0. The van der Waals surface area contributed by atoms with E-state index in [1.54, 1.807) is 0 Å². The van der Waals surface area contributed by atoms with Crippen molar-refractivity contribution < 1.29 is 4.74 Å². The van der Waals surface area contributed by atoms with Gasteiger partial charge in [0.25, 0.3) is 0 Å². The molecule has 0 bridgehead atoms. The summed E-state index contributed by atoms with van der Waals surface area (Å²) in [4.78, 5) is 10.9. The molecule has 0 aromatic carbocycles. The largest absolute Gasteiger partial charge is 0.379 e. The van der Waals surface area contributed by atoms with Crippen LogP contribution < -0.4 is 5.32 Å². The van der Waals surface area contributed by atoms with Gasteiger partial charge in [0.05, 0.1) is 19.3 Å². The maximum Gasteiger partial charge on any atom is 0.193 e. The minimum atomic E-state index is 0. The lowest BCUT2D eigenvalue weighted by Gasteiger charge is -2.37. The molecular formula is C18H31IN4OS. The van der Waals surface area contributed by atoms with Crippen LogP contribution in [0.2, 0.25) is 0 Å². The quantitative estimate of drug-likeness (QED) is 0.411. The predicted molar refractivity (Wildman–Crippen MR) is 116 cm³/mol. The zero-order valence-corrected chi connectivity index (χ0v) is 18.5. The number of thiophene rings is 1. The summed E-state index contributed by atoms with van der Waals surface area (Å²) < 4.78 is 5.53. The highest BCUT2D eigenvalue weighted by atomic mass is 127. The zero-order chi connectivity index (χ0) is 16.8. The highest BCUT2D eigenvalue weighted by Gasteiger charge is 2.25. The number of guanidine groups is 1. The van der Waals surface area contributed by atoms with Crippen LogP contribution in [-0.4, -0.2) is 68.7 Å². The number of aliphatic imine (C=N–C) groups is 1. The number of ether oxygens (including phenoxy) is 1. The molecule has 2 aliphatic rings. The fourth-order valence-electron chi connectivity index (χ4n) is 3.68. The molecule has 5 nitrogen and oxygen atoms in total. The van der Waals surface area contributed by atoms with E-state index in [1.807, 2.05) is 18.4 Å². The fraction of sp³-hybridized carbons (Fsp3) is 0.722. The molecule has 2 atom stereocenters. The van der Waals surface area contributed by atoms with Gasteiger partial charge in [0.15, 0.2) is 5.96 Å². The second kappa shape index (κ2) is 10.7. The minimum absolute atomic E-state index is 0. The summed E-state index contributed by atoms with van der Waals surface area (Å²) in [5, 5.41) is 5.82. The van der Waals surface area contributed by atoms with E-state index < -0.39 is 0 Å². The first-order chi connectivity index (χ1) is 11.8. The Morgan fingerprint density at radius 3 is 2.84 bits per heavy atom. The first-order valence-electron chi connectivity index (χ1n) is 9.08. The van der Waals surface area contributed by atoms with E-state index in [-0.39, 0.29) is 24.0 Å². The fourth-order valence-corrected chi connectivity index (χ4v) is 4.54. The lowest BCUT2D eigenvalue weighted by Crippen LogP contribution is -2.49. The van der Waals surface area contributed by atoms with E-state index in [1.165, 1.54) is 17.7 Å². The molecule has 0 radical (unpaired) electrons. The van der Waals surface area contributed by atoms with Crippen LogP contribution in [-0.2, 0) is 4.74 Å². The highest BCUT2D eigenvalue weighted by Crippen LogP contribution is 2.25. The molecule has 1 N–H and O–H groups in total. The third kappa shape index (κ3) is 5.80. The zero-order valence-electron chi connectivity index (χ0n) is 15.3. The first kappa shape index (κ1) is 20.9. The molecule has 2 saturated heterocycles. The number of hydrogen-bond donors (Lipinski definition) is 1. The van der Waals surface area contributed by atoms with Gasteiger partial charge in [0, 0.05) is 44.6 Å². The predicted octanol–water partition coefficient (Wildman–Crippen LogP) is 3.05.